The summed E-state index contributed by atoms with van der Waals surface area (Å²) in [6.45, 7) is -0.323. The van der Waals surface area contributed by atoms with Gasteiger partial charge < -0.3 is 15.7 Å². The summed E-state index contributed by atoms with van der Waals surface area (Å²) in [5.74, 6) is -0.755. The average Bonchev–Trinajstić information content (AvgIpc) is 2.41. The minimum atomic E-state index is -4.30. The van der Waals surface area contributed by atoms with Crippen LogP contribution in [0, 0.1) is 10.1 Å². The maximum absolute atomic E-state index is 12.0. The summed E-state index contributed by atoms with van der Waals surface area (Å²) in [5, 5.41) is 21.8. The van der Waals surface area contributed by atoms with Gasteiger partial charge in [0.05, 0.1) is 17.1 Å². The van der Waals surface area contributed by atoms with Crippen molar-refractivity contribution in [2.75, 3.05) is 6.61 Å². The highest BCUT2D eigenvalue weighted by Gasteiger charge is 2.26. The maximum atomic E-state index is 12.0. The lowest BCUT2D eigenvalue weighted by Crippen LogP contribution is -2.17. The first-order valence-electron chi connectivity index (χ1n) is 5.56. The molecule has 0 aromatic carbocycles. The van der Waals surface area contributed by atoms with Gasteiger partial charge in [-0.1, -0.05) is 5.16 Å². The number of pyridine rings is 1. The van der Waals surface area contributed by atoms with Crippen LogP contribution in [0.3, 0.4) is 0 Å². The van der Waals surface area contributed by atoms with Crippen molar-refractivity contribution in [1.82, 2.24) is 4.98 Å². The molecule has 0 saturated carbocycles. The highest BCUT2D eigenvalue weighted by molar-refractivity contribution is 5.99. The molecule has 0 bridgehead atoms. The Bertz CT molecular complexity index is 548. The van der Waals surface area contributed by atoms with Crippen molar-refractivity contribution in [2.24, 2.45) is 10.9 Å². The molecule has 0 saturated heterocycles. The van der Waals surface area contributed by atoms with E-state index >= 15 is 0 Å². The summed E-state index contributed by atoms with van der Waals surface area (Å²) >= 11 is 0. The zero-order chi connectivity index (χ0) is 16.0. The molecule has 0 fully saturated rings. The summed E-state index contributed by atoms with van der Waals surface area (Å²) < 4.78 is 40.9. The van der Waals surface area contributed by atoms with Gasteiger partial charge in [0.1, 0.15) is 6.20 Å². The lowest BCUT2D eigenvalue weighted by molar-refractivity contribution is -0.385. The number of nitro groups is 1. The van der Waals surface area contributed by atoms with Crippen LogP contribution in [0.2, 0.25) is 0 Å². The zero-order valence-corrected chi connectivity index (χ0v) is 10.5. The van der Waals surface area contributed by atoms with Crippen molar-refractivity contribution in [1.29, 1.82) is 0 Å². The number of rotatable bonds is 6. The molecule has 0 unspecified atom stereocenters. The molecule has 0 aliphatic carbocycles. The van der Waals surface area contributed by atoms with Gasteiger partial charge in [0.25, 0.3) is 5.69 Å². The van der Waals surface area contributed by atoms with E-state index in [9.17, 15) is 23.3 Å². The van der Waals surface area contributed by atoms with Gasteiger partial charge in [0.15, 0.2) is 5.84 Å². The van der Waals surface area contributed by atoms with Crippen LogP contribution < -0.4 is 10.5 Å². The molecule has 0 spiro atoms. The van der Waals surface area contributed by atoms with Gasteiger partial charge in [0.2, 0.25) is 5.88 Å². The van der Waals surface area contributed by atoms with Gasteiger partial charge >= 0.3 is 6.18 Å². The van der Waals surface area contributed by atoms with Crippen LogP contribution in [0.15, 0.2) is 17.4 Å². The monoisotopic (exact) mass is 308 g/mol. The molecule has 0 atom stereocenters. The quantitative estimate of drug-likeness (QED) is 0.206. The highest BCUT2D eigenvalue weighted by Crippen LogP contribution is 2.23. The highest BCUT2D eigenvalue weighted by atomic mass is 19.4. The van der Waals surface area contributed by atoms with Crippen molar-refractivity contribution in [3.63, 3.8) is 0 Å². The largest absolute Gasteiger partial charge is 0.477 e. The number of nitrogens with zero attached hydrogens (tertiary/aromatic N) is 3. The van der Waals surface area contributed by atoms with E-state index in [4.69, 9.17) is 15.7 Å². The van der Waals surface area contributed by atoms with Crippen LogP contribution in [0.5, 0.6) is 5.88 Å². The first-order chi connectivity index (χ1) is 9.74. The van der Waals surface area contributed by atoms with Gasteiger partial charge in [-0.25, -0.2) is 4.98 Å². The molecule has 3 N–H and O–H groups in total. The van der Waals surface area contributed by atoms with E-state index in [1.54, 1.807) is 0 Å². The minimum Gasteiger partial charge on any atom is -0.477 e. The van der Waals surface area contributed by atoms with Gasteiger partial charge in [-0.15, -0.1) is 0 Å². The predicted molar refractivity (Wildman–Crippen MR) is 64.2 cm³/mol. The number of hydrogen-bond acceptors (Lipinski definition) is 6. The minimum absolute atomic E-state index is 0.182. The second-order valence-electron chi connectivity index (χ2n) is 3.86. The Morgan fingerprint density at radius 1 is 1.57 bits per heavy atom. The number of ether oxygens (including phenoxy) is 1. The lowest BCUT2D eigenvalue weighted by atomic mass is 10.2. The van der Waals surface area contributed by atoms with Crippen LogP contribution in [0.25, 0.3) is 0 Å². The Balaban J connectivity index is 2.84. The molecule has 21 heavy (non-hydrogen) atoms. The first-order valence-corrected chi connectivity index (χ1v) is 5.56. The number of hydrogen-bond donors (Lipinski definition) is 2. The summed E-state index contributed by atoms with van der Waals surface area (Å²) in [7, 11) is 0. The normalized spacial score (nSPS) is 12.2. The SMILES string of the molecule is N/C(=N/O)c1cc([N+](=O)[O-])cnc1OCCCC(F)(F)F. The fourth-order valence-electron chi connectivity index (χ4n) is 1.33. The van der Waals surface area contributed by atoms with E-state index < -0.39 is 29.0 Å². The first kappa shape index (κ1) is 16.5. The van der Waals surface area contributed by atoms with Crippen LogP contribution >= 0.6 is 0 Å². The fourth-order valence-corrected chi connectivity index (χ4v) is 1.33. The van der Waals surface area contributed by atoms with Gasteiger partial charge in [-0.05, 0) is 6.42 Å². The molecule has 0 aliphatic rings. The predicted octanol–water partition coefficient (Wildman–Crippen LogP) is 1.81. The Morgan fingerprint density at radius 2 is 2.24 bits per heavy atom. The van der Waals surface area contributed by atoms with Crippen LogP contribution in [-0.2, 0) is 0 Å². The van der Waals surface area contributed by atoms with Gasteiger partial charge in [-0.3, -0.25) is 10.1 Å². The third kappa shape index (κ3) is 5.12. The Hall–Kier alpha value is -2.59. The van der Waals surface area contributed by atoms with Crippen molar-refractivity contribution in [2.45, 2.75) is 19.0 Å². The van der Waals surface area contributed by atoms with Crippen molar-refractivity contribution in [3.05, 3.63) is 27.9 Å². The summed E-state index contributed by atoms with van der Waals surface area (Å²) in [6, 6.07) is 0.946. The summed E-state index contributed by atoms with van der Waals surface area (Å²) in [4.78, 5) is 13.4. The number of aromatic nitrogens is 1. The van der Waals surface area contributed by atoms with Crippen LogP contribution in [-0.4, -0.2) is 33.7 Å². The number of nitrogens with two attached hydrogens (primary N) is 1. The molecule has 0 amide bonds. The topological polar surface area (TPSA) is 124 Å². The average molecular weight is 308 g/mol. The Kier molecular flexibility index (Phi) is 5.27. The standard InChI is InChI=1S/C10H11F3N4O4/c11-10(12,13)2-1-3-21-9-7(8(14)16-18)4-6(5-15-9)17(19)20/h4-5,18H,1-3H2,(H2,14,16). The van der Waals surface area contributed by atoms with Crippen molar-refractivity contribution in [3.8, 4) is 5.88 Å². The van der Waals surface area contributed by atoms with E-state index in [1.807, 2.05) is 0 Å². The number of halogens is 3. The number of oxime groups is 1. The fraction of sp³-hybridized carbons (Fsp3) is 0.400. The zero-order valence-electron chi connectivity index (χ0n) is 10.5. The molecule has 1 heterocycles. The molecule has 11 heteroatoms. The molecule has 116 valence electrons. The summed E-state index contributed by atoms with van der Waals surface area (Å²) in [6.07, 6.45) is -4.81. The molecule has 1 aromatic heterocycles. The molecular weight excluding hydrogens is 297 g/mol. The Morgan fingerprint density at radius 3 is 2.76 bits per heavy atom. The number of alkyl halides is 3. The number of amidine groups is 1. The van der Waals surface area contributed by atoms with Crippen molar-refractivity contribution < 1.29 is 28.0 Å². The lowest BCUT2D eigenvalue weighted by Gasteiger charge is -2.10. The third-order valence-corrected chi connectivity index (χ3v) is 2.27. The molecule has 0 aliphatic heterocycles. The third-order valence-electron chi connectivity index (χ3n) is 2.27. The van der Waals surface area contributed by atoms with E-state index in [0.29, 0.717) is 0 Å². The summed E-state index contributed by atoms with van der Waals surface area (Å²) in [5.41, 5.74) is 4.70. The molecule has 1 rings (SSSR count). The van der Waals surface area contributed by atoms with E-state index in [0.717, 1.165) is 12.3 Å². The molecule has 1 aromatic rings. The second kappa shape index (κ2) is 6.72. The maximum Gasteiger partial charge on any atom is 0.389 e. The van der Waals surface area contributed by atoms with Crippen LogP contribution in [0.1, 0.15) is 18.4 Å². The van der Waals surface area contributed by atoms with E-state index in [2.05, 4.69) is 10.1 Å². The second-order valence-corrected chi connectivity index (χ2v) is 3.86. The molecule has 8 nitrogen and oxygen atoms in total. The molecular formula is C10H11F3N4O4. The van der Waals surface area contributed by atoms with Crippen LogP contribution in [0.4, 0.5) is 18.9 Å². The van der Waals surface area contributed by atoms with Gasteiger partial charge in [-0.2, -0.15) is 13.2 Å². The smallest absolute Gasteiger partial charge is 0.389 e. The van der Waals surface area contributed by atoms with E-state index in [1.165, 1.54) is 0 Å². The van der Waals surface area contributed by atoms with E-state index in [-0.39, 0.29) is 24.5 Å². The van der Waals surface area contributed by atoms with Gasteiger partial charge in [0, 0.05) is 12.5 Å². The molecule has 0 radical (unpaired) electrons. The Labute approximate surface area is 116 Å². The van der Waals surface area contributed by atoms with Crippen molar-refractivity contribution >= 4 is 11.5 Å².